The molecular weight excluding hydrogens is 300 g/mol. The lowest BCUT2D eigenvalue weighted by Crippen LogP contribution is -2.06. The lowest BCUT2D eigenvalue weighted by atomic mass is 10.1. The van der Waals surface area contributed by atoms with E-state index in [1.165, 1.54) is 23.5 Å². The van der Waals surface area contributed by atoms with E-state index in [1.807, 2.05) is 0 Å². The molecule has 0 amide bonds. The van der Waals surface area contributed by atoms with E-state index in [0.29, 0.717) is 18.6 Å². The zero-order valence-electron chi connectivity index (χ0n) is 11.3. The Labute approximate surface area is 125 Å². The van der Waals surface area contributed by atoms with E-state index in [9.17, 15) is 13.9 Å². The number of aliphatic hydroxyl groups excluding tert-OH is 1. The van der Waals surface area contributed by atoms with Crippen molar-refractivity contribution in [2.75, 3.05) is 6.61 Å². The van der Waals surface area contributed by atoms with Gasteiger partial charge in [0.2, 0.25) is 0 Å². The van der Waals surface area contributed by atoms with Gasteiger partial charge in [-0.05, 0) is 24.6 Å². The Hall–Kier alpha value is -1.73. The number of aliphatic hydroxyl groups is 1. The van der Waals surface area contributed by atoms with E-state index in [0.717, 1.165) is 4.88 Å². The van der Waals surface area contributed by atoms with Crippen molar-refractivity contribution in [3.8, 4) is 11.5 Å². The number of ether oxygens (including phenoxy) is 2. The van der Waals surface area contributed by atoms with Gasteiger partial charge < -0.3 is 14.6 Å². The molecule has 2 rings (SSSR count). The molecule has 0 fully saturated rings. The molecule has 0 spiro atoms. The first-order valence-corrected chi connectivity index (χ1v) is 7.25. The average Bonchev–Trinajstić information content (AvgIpc) is 2.93. The van der Waals surface area contributed by atoms with Crippen LogP contribution in [-0.2, 0) is 6.42 Å². The molecule has 0 aliphatic heterocycles. The van der Waals surface area contributed by atoms with E-state index in [2.05, 4.69) is 9.72 Å². The molecule has 4 nitrogen and oxygen atoms in total. The van der Waals surface area contributed by atoms with Gasteiger partial charge >= 0.3 is 6.61 Å². The molecule has 1 aromatic heterocycles. The van der Waals surface area contributed by atoms with Crippen LogP contribution in [0.5, 0.6) is 11.5 Å². The quantitative estimate of drug-likeness (QED) is 0.850. The molecule has 0 radical (unpaired) electrons. The molecule has 21 heavy (non-hydrogen) atoms. The second-order valence-electron chi connectivity index (χ2n) is 4.21. The van der Waals surface area contributed by atoms with Gasteiger partial charge in [0.15, 0.2) is 11.5 Å². The van der Waals surface area contributed by atoms with Gasteiger partial charge in [0, 0.05) is 17.5 Å². The summed E-state index contributed by atoms with van der Waals surface area (Å²) >= 11 is 1.45. The minimum Gasteiger partial charge on any atom is -0.490 e. The van der Waals surface area contributed by atoms with Crippen LogP contribution in [0, 0.1) is 0 Å². The zero-order chi connectivity index (χ0) is 15.2. The van der Waals surface area contributed by atoms with Crippen LogP contribution in [0.3, 0.4) is 0 Å². The number of alkyl halides is 2. The van der Waals surface area contributed by atoms with Crippen molar-refractivity contribution >= 4 is 11.3 Å². The summed E-state index contributed by atoms with van der Waals surface area (Å²) in [5, 5.41) is 10.2. The van der Waals surface area contributed by atoms with Crippen molar-refractivity contribution < 1.29 is 23.4 Å². The second-order valence-corrected chi connectivity index (χ2v) is 5.18. The van der Waals surface area contributed by atoms with Gasteiger partial charge in [0.25, 0.3) is 0 Å². The summed E-state index contributed by atoms with van der Waals surface area (Å²) in [6.45, 7) is -0.863. The van der Waals surface area contributed by atoms with Crippen LogP contribution < -0.4 is 9.47 Å². The van der Waals surface area contributed by atoms with Crippen LogP contribution in [0.2, 0.25) is 0 Å². The van der Waals surface area contributed by atoms with E-state index < -0.39 is 12.7 Å². The molecule has 0 bridgehead atoms. The topological polar surface area (TPSA) is 51.6 Å². The van der Waals surface area contributed by atoms with Gasteiger partial charge in [-0.2, -0.15) is 8.78 Å². The lowest BCUT2D eigenvalue weighted by Gasteiger charge is -2.15. The monoisotopic (exact) mass is 315 g/mol. The van der Waals surface area contributed by atoms with Crippen molar-refractivity contribution in [1.29, 1.82) is 0 Å². The molecule has 1 unspecified atom stereocenters. The lowest BCUT2D eigenvalue weighted by molar-refractivity contribution is -0.0514. The Balaban J connectivity index is 2.17. The maximum Gasteiger partial charge on any atom is 0.387 e. The zero-order valence-corrected chi connectivity index (χ0v) is 12.1. The van der Waals surface area contributed by atoms with Crippen molar-refractivity contribution in [2.45, 2.75) is 26.1 Å². The highest BCUT2D eigenvalue weighted by molar-refractivity contribution is 7.09. The van der Waals surface area contributed by atoms with Crippen LogP contribution in [0.1, 0.15) is 23.5 Å². The number of hydrogen-bond acceptors (Lipinski definition) is 5. The molecule has 1 aromatic carbocycles. The summed E-state index contributed by atoms with van der Waals surface area (Å²) in [6, 6.07) is 4.45. The highest BCUT2D eigenvalue weighted by Crippen LogP contribution is 2.32. The SMILES string of the molecule is CCOc1cc(C(O)Cc2cncs2)ccc1OC(F)F. The highest BCUT2D eigenvalue weighted by atomic mass is 32.1. The van der Waals surface area contributed by atoms with Crippen LogP contribution >= 0.6 is 11.3 Å². The fourth-order valence-electron chi connectivity index (χ4n) is 1.84. The van der Waals surface area contributed by atoms with Gasteiger partial charge in [-0.15, -0.1) is 11.3 Å². The largest absolute Gasteiger partial charge is 0.490 e. The average molecular weight is 315 g/mol. The first kappa shape index (κ1) is 15.7. The highest BCUT2D eigenvalue weighted by Gasteiger charge is 2.16. The first-order chi connectivity index (χ1) is 10.1. The summed E-state index contributed by atoms with van der Waals surface area (Å²) in [6.07, 6.45) is 1.34. The first-order valence-electron chi connectivity index (χ1n) is 6.37. The third-order valence-electron chi connectivity index (χ3n) is 2.75. The molecule has 0 saturated carbocycles. The molecule has 2 aromatic rings. The molecular formula is C14H15F2NO3S. The summed E-state index contributed by atoms with van der Waals surface area (Å²) in [4.78, 5) is 4.88. The van der Waals surface area contributed by atoms with Crippen molar-refractivity contribution in [1.82, 2.24) is 4.98 Å². The van der Waals surface area contributed by atoms with Gasteiger partial charge in [-0.1, -0.05) is 6.07 Å². The standard InChI is InChI=1S/C14H15F2NO3S/c1-2-19-13-5-9(3-4-12(13)20-14(15)16)11(18)6-10-7-17-8-21-10/h3-5,7-8,11,14,18H,2,6H2,1H3. The second kappa shape index (κ2) is 7.33. The molecule has 114 valence electrons. The number of rotatable bonds is 7. The van der Waals surface area contributed by atoms with E-state index >= 15 is 0 Å². The van der Waals surface area contributed by atoms with Crippen LogP contribution in [0.25, 0.3) is 0 Å². The summed E-state index contributed by atoms with van der Waals surface area (Å²) < 4.78 is 34.3. The smallest absolute Gasteiger partial charge is 0.387 e. The Kier molecular flexibility index (Phi) is 5.46. The number of benzene rings is 1. The van der Waals surface area contributed by atoms with Crippen LogP contribution in [0.15, 0.2) is 29.9 Å². The van der Waals surface area contributed by atoms with E-state index in [1.54, 1.807) is 24.7 Å². The fraction of sp³-hybridized carbons (Fsp3) is 0.357. The molecule has 0 saturated heterocycles. The number of aromatic nitrogens is 1. The molecule has 7 heteroatoms. The number of hydrogen-bond donors (Lipinski definition) is 1. The predicted octanol–water partition coefficient (Wildman–Crippen LogP) is 3.42. The third kappa shape index (κ3) is 4.37. The number of thiazole rings is 1. The predicted molar refractivity (Wildman–Crippen MR) is 75.0 cm³/mol. The third-order valence-corrected chi connectivity index (χ3v) is 3.55. The molecule has 1 atom stereocenters. The normalized spacial score (nSPS) is 12.4. The Morgan fingerprint density at radius 1 is 1.33 bits per heavy atom. The van der Waals surface area contributed by atoms with Crippen LogP contribution in [0.4, 0.5) is 8.78 Å². The Morgan fingerprint density at radius 3 is 2.76 bits per heavy atom. The summed E-state index contributed by atoms with van der Waals surface area (Å²) in [5.41, 5.74) is 2.27. The van der Waals surface area contributed by atoms with Crippen molar-refractivity contribution in [2.24, 2.45) is 0 Å². The van der Waals surface area contributed by atoms with E-state index in [-0.39, 0.29) is 11.5 Å². The minimum atomic E-state index is -2.92. The van der Waals surface area contributed by atoms with Crippen molar-refractivity contribution in [3.63, 3.8) is 0 Å². The molecule has 0 aliphatic rings. The van der Waals surface area contributed by atoms with Crippen LogP contribution in [-0.4, -0.2) is 23.3 Å². The van der Waals surface area contributed by atoms with E-state index in [4.69, 9.17) is 4.74 Å². The minimum absolute atomic E-state index is 0.0411. The Bertz CT molecular complexity index is 563. The van der Waals surface area contributed by atoms with Gasteiger partial charge in [-0.25, -0.2) is 0 Å². The van der Waals surface area contributed by atoms with Gasteiger partial charge in [0.1, 0.15) is 0 Å². The Morgan fingerprint density at radius 2 is 2.14 bits per heavy atom. The summed E-state index contributed by atoms with van der Waals surface area (Å²) in [5.74, 6) is 0.152. The van der Waals surface area contributed by atoms with Gasteiger partial charge in [-0.3, -0.25) is 4.98 Å². The van der Waals surface area contributed by atoms with Crippen molar-refractivity contribution in [3.05, 3.63) is 40.3 Å². The maximum atomic E-state index is 12.3. The number of nitrogens with zero attached hydrogens (tertiary/aromatic N) is 1. The molecule has 0 aliphatic carbocycles. The summed E-state index contributed by atoms with van der Waals surface area (Å²) in [7, 11) is 0. The van der Waals surface area contributed by atoms with Gasteiger partial charge in [0.05, 0.1) is 18.2 Å². The number of halogens is 2. The molecule has 1 N–H and O–H groups in total. The maximum absolute atomic E-state index is 12.3. The molecule has 1 heterocycles. The fourth-order valence-corrected chi connectivity index (χ4v) is 2.48.